The molecule has 0 atom stereocenters. The molecule has 0 aromatic carbocycles. The SMILES string of the molecule is CC(C)(CCCl)NCCC1CC1. The number of hydrogen-bond acceptors (Lipinski definition) is 1. The van der Waals surface area contributed by atoms with E-state index >= 15 is 0 Å². The van der Waals surface area contributed by atoms with Gasteiger partial charge in [-0.3, -0.25) is 0 Å². The molecule has 72 valence electrons. The molecule has 0 saturated heterocycles. The Morgan fingerprint density at radius 2 is 2.08 bits per heavy atom. The van der Waals surface area contributed by atoms with Crippen molar-refractivity contribution in [2.24, 2.45) is 5.92 Å². The van der Waals surface area contributed by atoms with E-state index in [9.17, 15) is 0 Å². The summed E-state index contributed by atoms with van der Waals surface area (Å²) in [6.45, 7) is 5.61. The Kier molecular flexibility index (Phi) is 3.85. The van der Waals surface area contributed by atoms with Gasteiger partial charge < -0.3 is 5.32 Å². The van der Waals surface area contributed by atoms with Gasteiger partial charge in [0.25, 0.3) is 0 Å². The first-order valence-electron chi connectivity index (χ1n) is 4.95. The monoisotopic (exact) mass is 189 g/mol. The van der Waals surface area contributed by atoms with Crippen molar-refractivity contribution in [3.8, 4) is 0 Å². The van der Waals surface area contributed by atoms with Crippen molar-refractivity contribution in [1.29, 1.82) is 0 Å². The first-order valence-corrected chi connectivity index (χ1v) is 5.48. The van der Waals surface area contributed by atoms with Crippen LogP contribution in [0.4, 0.5) is 0 Å². The molecule has 0 spiro atoms. The van der Waals surface area contributed by atoms with Gasteiger partial charge >= 0.3 is 0 Å². The van der Waals surface area contributed by atoms with Crippen molar-refractivity contribution in [3.63, 3.8) is 0 Å². The Morgan fingerprint density at radius 1 is 1.42 bits per heavy atom. The summed E-state index contributed by atoms with van der Waals surface area (Å²) in [5.74, 6) is 1.79. The van der Waals surface area contributed by atoms with E-state index < -0.39 is 0 Å². The van der Waals surface area contributed by atoms with Crippen LogP contribution in [0.15, 0.2) is 0 Å². The minimum atomic E-state index is 0.233. The molecular formula is C10H20ClN. The smallest absolute Gasteiger partial charge is 0.0240 e. The Morgan fingerprint density at radius 3 is 2.58 bits per heavy atom. The van der Waals surface area contributed by atoms with E-state index in [-0.39, 0.29) is 5.54 Å². The summed E-state index contributed by atoms with van der Waals surface area (Å²) in [5, 5.41) is 3.55. The molecule has 0 radical (unpaired) electrons. The Hall–Kier alpha value is 0.250. The van der Waals surface area contributed by atoms with Crippen molar-refractivity contribution >= 4 is 11.6 Å². The molecule has 1 nitrogen and oxygen atoms in total. The van der Waals surface area contributed by atoms with Gasteiger partial charge in [0.1, 0.15) is 0 Å². The molecule has 0 heterocycles. The molecule has 1 N–H and O–H groups in total. The molecule has 2 heteroatoms. The van der Waals surface area contributed by atoms with E-state index in [4.69, 9.17) is 11.6 Å². The second-order valence-corrected chi connectivity index (χ2v) is 4.86. The van der Waals surface area contributed by atoms with Gasteiger partial charge in [-0.15, -0.1) is 11.6 Å². The van der Waals surface area contributed by atoms with Gasteiger partial charge in [-0.2, -0.15) is 0 Å². The summed E-state index contributed by atoms with van der Waals surface area (Å²) in [7, 11) is 0. The highest BCUT2D eigenvalue weighted by Crippen LogP contribution is 2.31. The van der Waals surface area contributed by atoms with Crippen LogP contribution in [-0.2, 0) is 0 Å². The fourth-order valence-electron chi connectivity index (χ4n) is 1.35. The first kappa shape index (κ1) is 10.3. The van der Waals surface area contributed by atoms with Gasteiger partial charge in [-0.05, 0) is 39.2 Å². The van der Waals surface area contributed by atoms with Crippen LogP contribution in [0.5, 0.6) is 0 Å². The van der Waals surface area contributed by atoms with Gasteiger partial charge in [0, 0.05) is 11.4 Å². The zero-order valence-corrected chi connectivity index (χ0v) is 8.95. The first-order chi connectivity index (χ1) is 5.64. The number of halogens is 1. The number of alkyl halides is 1. The summed E-state index contributed by atoms with van der Waals surface area (Å²) < 4.78 is 0. The lowest BCUT2D eigenvalue weighted by Gasteiger charge is -2.25. The largest absolute Gasteiger partial charge is 0.312 e. The molecule has 1 rings (SSSR count). The van der Waals surface area contributed by atoms with Crippen molar-refractivity contribution < 1.29 is 0 Å². The van der Waals surface area contributed by atoms with E-state index in [1.807, 2.05) is 0 Å². The molecule has 0 aromatic rings. The summed E-state index contributed by atoms with van der Waals surface area (Å²) >= 11 is 5.70. The normalized spacial score (nSPS) is 18.2. The molecule has 0 aromatic heterocycles. The highest BCUT2D eigenvalue weighted by molar-refractivity contribution is 6.17. The second kappa shape index (κ2) is 4.48. The van der Waals surface area contributed by atoms with Gasteiger partial charge in [0.15, 0.2) is 0 Å². The van der Waals surface area contributed by atoms with E-state index in [0.29, 0.717) is 0 Å². The molecule has 1 fully saturated rings. The van der Waals surface area contributed by atoms with Crippen LogP contribution in [0, 0.1) is 5.92 Å². The van der Waals surface area contributed by atoms with Gasteiger partial charge in [0.2, 0.25) is 0 Å². The zero-order chi connectivity index (χ0) is 9.03. The number of nitrogens with one attached hydrogen (secondary N) is 1. The van der Waals surface area contributed by atoms with Gasteiger partial charge in [-0.1, -0.05) is 12.8 Å². The number of rotatable bonds is 6. The van der Waals surface area contributed by atoms with Crippen molar-refractivity contribution in [1.82, 2.24) is 5.32 Å². The summed E-state index contributed by atoms with van der Waals surface area (Å²) in [4.78, 5) is 0. The maximum absolute atomic E-state index is 5.70. The van der Waals surface area contributed by atoms with Crippen LogP contribution in [0.25, 0.3) is 0 Å². The molecule has 0 amide bonds. The van der Waals surface area contributed by atoms with Crippen molar-refractivity contribution in [3.05, 3.63) is 0 Å². The predicted molar refractivity (Wildman–Crippen MR) is 54.8 cm³/mol. The molecule has 0 bridgehead atoms. The van der Waals surface area contributed by atoms with Crippen LogP contribution < -0.4 is 5.32 Å². The molecular weight excluding hydrogens is 170 g/mol. The van der Waals surface area contributed by atoms with E-state index in [1.54, 1.807) is 0 Å². The second-order valence-electron chi connectivity index (χ2n) is 4.48. The third-order valence-corrected chi connectivity index (χ3v) is 2.76. The van der Waals surface area contributed by atoms with Crippen LogP contribution in [0.2, 0.25) is 0 Å². The van der Waals surface area contributed by atoms with E-state index in [2.05, 4.69) is 19.2 Å². The lowest BCUT2D eigenvalue weighted by atomic mass is 10.0. The Balaban J connectivity index is 2.01. The molecule has 1 saturated carbocycles. The van der Waals surface area contributed by atoms with Gasteiger partial charge in [-0.25, -0.2) is 0 Å². The van der Waals surface area contributed by atoms with E-state index in [0.717, 1.165) is 24.8 Å². The molecule has 1 aliphatic rings. The van der Waals surface area contributed by atoms with Crippen molar-refractivity contribution in [2.45, 2.75) is 45.1 Å². The van der Waals surface area contributed by atoms with E-state index in [1.165, 1.54) is 19.3 Å². The third kappa shape index (κ3) is 4.32. The molecule has 12 heavy (non-hydrogen) atoms. The standard InChI is InChI=1S/C10H20ClN/c1-10(2,6-7-11)12-8-5-9-3-4-9/h9,12H,3-8H2,1-2H3. The van der Waals surface area contributed by atoms with Crippen LogP contribution in [0.3, 0.4) is 0 Å². The lowest BCUT2D eigenvalue weighted by Crippen LogP contribution is -2.40. The van der Waals surface area contributed by atoms with Crippen molar-refractivity contribution in [2.75, 3.05) is 12.4 Å². The lowest BCUT2D eigenvalue weighted by molar-refractivity contribution is 0.372. The topological polar surface area (TPSA) is 12.0 Å². The highest BCUT2D eigenvalue weighted by atomic mass is 35.5. The molecule has 0 unspecified atom stereocenters. The molecule has 0 aliphatic heterocycles. The summed E-state index contributed by atoms with van der Waals surface area (Å²) in [6, 6.07) is 0. The summed E-state index contributed by atoms with van der Waals surface area (Å²) in [5.41, 5.74) is 0.233. The Labute approximate surface area is 80.9 Å². The highest BCUT2D eigenvalue weighted by Gasteiger charge is 2.22. The van der Waals surface area contributed by atoms with Crippen LogP contribution in [0.1, 0.15) is 39.5 Å². The maximum Gasteiger partial charge on any atom is 0.0240 e. The minimum absolute atomic E-state index is 0.233. The maximum atomic E-state index is 5.70. The fourth-order valence-corrected chi connectivity index (χ4v) is 1.82. The van der Waals surface area contributed by atoms with Crippen LogP contribution >= 0.6 is 11.6 Å². The predicted octanol–water partition coefficient (Wildman–Crippen LogP) is 2.78. The summed E-state index contributed by atoms with van der Waals surface area (Å²) in [6.07, 6.45) is 5.32. The van der Waals surface area contributed by atoms with Crippen LogP contribution in [-0.4, -0.2) is 18.0 Å². The number of hydrogen-bond donors (Lipinski definition) is 1. The molecule has 1 aliphatic carbocycles. The Bertz CT molecular complexity index is 130. The zero-order valence-electron chi connectivity index (χ0n) is 8.20. The quantitative estimate of drug-likeness (QED) is 0.634. The van der Waals surface area contributed by atoms with Gasteiger partial charge in [0.05, 0.1) is 0 Å². The third-order valence-electron chi connectivity index (χ3n) is 2.57. The fraction of sp³-hybridized carbons (Fsp3) is 1.00. The average molecular weight is 190 g/mol. The average Bonchev–Trinajstić information content (AvgIpc) is 2.70. The minimum Gasteiger partial charge on any atom is -0.312 e.